The Hall–Kier alpha value is -3.13. The summed E-state index contributed by atoms with van der Waals surface area (Å²) in [6.07, 6.45) is 3.39. The van der Waals surface area contributed by atoms with Gasteiger partial charge >= 0.3 is 0 Å². The molecule has 1 aromatic heterocycles. The van der Waals surface area contributed by atoms with Gasteiger partial charge in [0.15, 0.2) is 0 Å². The highest BCUT2D eigenvalue weighted by molar-refractivity contribution is 7.98. The predicted octanol–water partition coefficient (Wildman–Crippen LogP) is 3.75. The van der Waals surface area contributed by atoms with E-state index in [-0.39, 0.29) is 24.2 Å². The normalized spacial score (nSPS) is 10.6. The Morgan fingerprint density at radius 1 is 1.17 bits per heavy atom. The van der Waals surface area contributed by atoms with Gasteiger partial charge in [0.1, 0.15) is 5.82 Å². The minimum absolute atomic E-state index is 0.0945. The van der Waals surface area contributed by atoms with Gasteiger partial charge < -0.3 is 10.2 Å². The molecular weight excluding hydrogens is 391 g/mol. The fourth-order valence-electron chi connectivity index (χ4n) is 2.89. The molecule has 0 aliphatic carbocycles. The van der Waals surface area contributed by atoms with Crippen molar-refractivity contribution in [3.63, 3.8) is 0 Å². The number of thioether (sulfide) groups is 1. The Labute approximate surface area is 172 Å². The van der Waals surface area contributed by atoms with Crippen LogP contribution in [0.1, 0.15) is 16.1 Å². The Morgan fingerprint density at radius 2 is 1.86 bits per heavy atom. The van der Waals surface area contributed by atoms with Crippen LogP contribution in [-0.4, -0.2) is 46.3 Å². The SMILES string of the molecule is CSc1ccccc1NC(=O)CN(C)C(=O)c1cnn(-c2ccc(F)cc2)c1C. The average molecular weight is 412 g/mol. The molecule has 2 aromatic carbocycles. The van der Waals surface area contributed by atoms with Crippen LogP contribution in [0.4, 0.5) is 10.1 Å². The number of carbonyl (C=O) groups excluding carboxylic acids is 2. The lowest BCUT2D eigenvalue weighted by Crippen LogP contribution is -2.35. The maximum atomic E-state index is 13.1. The van der Waals surface area contributed by atoms with Gasteiger partial charge in [-0.25, -0.2) is 9.07 Å². The van der Waals surface area contributed by atoms with E-state index in [2.05, 4.69) is 10.4 Å². The zero-order chi connectivity index (χ0) is 21.0. The van der Waals surface area contributed by atoms with Crippen LogP contribution in [0, 0.1) is 12.7 Å². The second-order valence-electron chi connectivity index (χ2n) is 6.44. The van der Waals surface area contributed by atoms with Crippen LogP contribution in [0.2, 0.25) is 0 Å². The summed E-state index contributed by atoms with van der Waals surface area (Å²) < 4.78 is 14.7. The van der Waals surface area contributed by atoms with Gasteiger partial charge in [-0.05, 0) is 49.6 Å². The van der Waals surface area contributed by atoms with Crippen LogP contribution in [0.3, 0.4) is 0 Å². The Bertz CT molecular complexity index is 1030. The Balaban J connectivity index is 1.70. The molecule has 3 rings (SSSR count). The van der Waals surface area contributed by atoms with Gasteiger partial charge in [0.25, 0.3) is 5.91 Å². The van der Waals surface area contributed by atoms with E-state index < -0.39 is 0 Å². The number of nitrogens with zero attached hydrogens (tertiary/aromatic N) is 3. The quantitative estimate of drug-likeness (QED) is 0.626. The van der Waals surface area contributed by atoms with E-state index in [0.29, 0.717) is 22.6 Å². The number of carbonyl (C=O) groups is 2. The first-order valence-corrected chi connectivity index (χ1v) is 10.1. The van der Waals surface area contributed by atoms with E-state index in [1.54, 1.807) is 30.8 Å². The summed E-state index contributed by atoms with van der Waals surface area (Å²) in [5, 5.41) is 7.07. The molecule has 0 bridgehead atoms. The van der Waals surface area contributed by atoms with Crippen LogP contribution in [0.5, 0.6) is 0 Å². The largest absolute Gasteiger partial charge is 0.332 e. The third-order valence-corrected chi connectivity index (χ3v) is 5.22. The van der Waals surface area contributed by atoms with Gasteiger partial charge in [0, 0.05) is 11.9 Å². The van der Waals surface area contributed by atoms with Crippen LogP contribution < -0.4 is 5.32 Å². The second kappa shape index (κ2) is 8.91. The van der Waals surface area contributed by atoms with Crippen LogP contribution in [0.25, 0.3) is 5.69 Å². The molecule has 6 nitrogen and oxygen atoms in total. The molecule has 29 heavy (non-hydrogen) atoms. The standard InChI is InChI=1S/C21H21FN4O2S/c1-14-17(12-23-26(14)16-10-8-15(22)9-11-16)21(28)25(2)13-20(27)24-18-6-4-5-7-19(18)29-3/h4-12H,13H2,1-3H3,(H,24,27). The van der Waals surface area contributed by atoms with E-state index >= 15 is 0 Å². The first kappa shape index (κ1) is 20.6. The highest BCUT2D eigenvalue weighted by atomic mass is 32.2. The summed E-state index contributed by atoms with van der Waals surface area (Å²) in [6.45, 7) is 1.66. The van der Waals surface area contributed by atoms with E-state index in [9.17, 15) is 14.0 Å². The lowest BCUT2D eigenvalue weighted by Gasteiger charge is -2.17. The lowest BCUT2D eigenvalue weighted by atomic mass is 10.2. The third-order valence-electron chi connectivity index (χ3n) is 4.42. The molecule has 0 unspecified atom stereocenters. The second-order valence-corrected chi connectivity index (χ2v) is 7.29. The van der Waals surface area contributed by atoms with Gasteiger partial charge in [0.05, 0.1) is 35.4 Å². The molecule has 1 heterocycles. The van der Waals surface area contributed by atoms with Crippen molar-refractivity contribution < 1.29 is 14.0 Å². The Kier molecular flexibility index (Phi) is 6.33. The van der Waals surface area contributed by atoms with Crippen molar-refractivity contribution in [1.29, 1.82) is 0 Å². The molecule has 0 saturated carbocycles. The number of aromatic nitrogens is 2. The van der Waals surface area contributed by atoms with Gasteiger partial charge in [-0.3, -0.25) is 9.59 Å². The summed E-state index contributed by atoms with van der Waals surface area (Å²) in [7, 11) is 1.57. The maximum Gasteiger partial charge on any atom is 0.257 e. The number of hydrogen-bond donors (Lipinski definition) is 1. The number of anilines is 1. The van der Waals surface area contributed by atoms with Crippen molar-refractivity contribution in [1.82, 2.24) is 14.7 Å². The van der Waals surface area contributed by atoms with Crippen molar-refractivity contribution >= 4 is 29.3 Å². The molecule has 0 spiro atoms. The number of amides is 2. The van der Waals surface area contributed by atoms with Crippen molar-refractivity contribution in [3.05, 3.63) is 71.8 Å². The van der Waals surface area contributed by atoms with Gasteiger partial charge in [-0.15, -0.1) is 11.8 Å². The summed E-state index contributed by atoms with van der Waals surface area (Å²) in [5.74, 6) is -0.946. The molecule has 0 atom stereocenters. The molecule has 1 N–H and O–H groups in total. The summed E-state index contributed by atoms with van der Waals surface area (Å²) in [5.41, 5.74) is 2.36. The Morgan fingerprint density at radius 3 is 2.55 bits per heavy atom. The van der Waals surface area contributed by atoms with Gasteiger partial charge in [-0.2, -0.15) is 5.10 Å². The number of rotatable bonds is 6. The first-order chi connectivity index (χ1) is 13.9. The van der Waals surface area contributed by atoms with E-state index in [1.807, 2.05) is 30.5 Å². The summed E-state index contributed by atoms with van der Waals surface area (Å²) >= 11 is 1.53. The van der Waals surface area contributed by atoms with E-state index in [1.165, 1.54) is 35.0 Å². The molecule has 0 radical (unpaired) electrons. The average Bonchev–Trinajstić information content (AvgIpc) is 3.09. The monoisotopic (exact) mass is 412 g/mol. The van der Waals surface area contributed by atoms with Crippen molar-refractivity contribution in [2.24, 2.45) is 0 Å². The van der Waals surface area contributed by atoms with Crippen LogP contribution in [0.15, 0.2) is 59.6 Å². The molecule has 3 aromatic rings. The van der Waals surface area contributed by atoms with Crippen LogP contribution >= 0.6 is 11.8 Å². The zero-order valence-corrected chi connectivity index (χ0v) is 17.2. The molecular formula is C21H21FN4O2S. The lowest BCUT2D eigenvalue weighted by molar-refractivity contribution is -0.116. The van der Waals surface area contributed by atoms with Crippen molar-refractivity contribution in [2.45, 2.75) is 11.8 Å². The molecule has 0 fully saturated rings. The van der Waals surface area contributed by atoms with Crippen molar-refractivity contribution in [2.75, 3.05) is 25.2 Å². The highest BCUT2D eigenvalue weighted by Gasteiger charge is 2.21. The molecule has 8 heteroatoms. The van der Waals surface area contributed by atoms with Gasteiger partial charge in [-0.1, -0.05) is 12.1 Å². The van der Waals surface area contributed by atoms with Crippen molar-refractivity contribution in [3.8, 4) is 5.69 Å². The fourth-order valence-corrected chi connectivity index (χ4v) is 3.45. The summed E-state index contributed by atoms with van der Waals surface area (Å²) in [6, 6.07) is 13.3. The van der Waals surface area contributed by atoms with Crippen LogP contribution in [-0.2, 0) is 4.79 Å². The molecule has 0 saturated heterocycles. The number of halogens is 1. The minimum atomic E-state index is -0.344. The zero-order valence-electron chi connectivity index (χ0n) is 16.3. The third kappa shape index (κ3) is 4.65. The smallest absolute Gasteiger partial charge is 0.257 e. The van der Waals surface area contributed by atoms with Gasteiger partial charge in [0.2, 0.25) is 5.91 Å². The molecule has 150 valence electrons. The summed E-state index contributed by atoms with van der Waals surface area (Å²) in [4.78, 5) is 27.5. The molecule has 2 amide bonds. The number of para-hydroxylation sites is 1. The molecule has 0 aliphatic heterocycles. The van der Waals surface area contributed by atoms with E-state index in [4.69, 9.17) is 0 Å². The first-order valence-electron chi connectivity index (χ1n) is 8.89. The van der Waals surface area contributed by atoms with E-state index in [0.717, 1.165) is 4.90 Å². The minimum Gasteiger partial charge on any atom is -0.332 e. The number of nitrogens with one attached hydrogen (secondary N) is 1. The maximum absolute atomic E-state index is 13.1. The number of likely N-dealkylation sites (N-methyl/N-ethyl adjacent to an activating group) is 1. The number of hydrogen-bond acceptors (Lipinski definition) is 4. The topological polar surface area (TPSA) is 67.2 Å². The predicted molar refractivity (Wildman–Crippen MR) is 112 cm³/mol. The number of benzene rings is 2. The highest BCUT2D eigenvalue weighted by Crippen LogP contribution is 2.24. The molecule has 0 aliphatic rings. The fraction of sp³-hybridized carbons (Fsp3) is 0.190.